The summed E-state index contributed by atoms with van der Waals surface area (Å²) in [5, 5.41) is 6.14. The lowest BCUT2D eigenvalue weighted by atomic mass is 10.1. The van der Waals surface area contributed by atoms with Gasteiger partial charge in [0, 0.05) is 37.1 Å². The van der Waals surface area contributed by atoms with Crippen LogP contribution in [0.2, 0.25) is 0 Å². The van der Waals surface area contributed by atoms with Crippen LogP contribution in [-0.4, -0.2) is 30.9 Å². The summed E-state index contributed by atoms with van der Waals surface area (Å²) >= 11 is 0. The number of carbonyl (C=O) groups excluding carboxylic acids is 1. The van der Waals surface area contributed by atoms with E-state index >= 15 is 0 Å². The van der Waals surface area contributed by atoms with Gasteiger partial charge in [-0.15, -0.1) is 0 Å². The Morgan fingerprint density at radius 3 is 2.00 bits per heavy atom. The Balaban J connectivity index is 1.59. The number of allylic oxidation sites excluding steroid dienone is 1. The molecule has 31 heavy (non-hydrogen) atoms. The third-order valence-corrected chi connectivity index (χ3v) is 5.20. The fourth-order valence-corrected chi connectivity index (χ4v) is 3.51. The molecular formula is C27H31N3O. The molecule has 0 aliphatic rings. The highest BCUT2D eigenvalue weighted by molar-refractivity contribution is 5.92. The van der Waals surface area contributed by atoms with Crippen LogP contribution in [0.3, 0.4) is 0 Å². The van der Waals surface area contributed by atoms with Crippen molar-refractivity contribution in [2.45, 2.75) is 19.8 Å². The number of nitrogens with zero attached hydrogens (tertiary/aromatic N) is 1. The smallest absolute Gasteiger partial charge is 0.243 e. The molecule has 1 amide bonds. The lowest BCUT2D eigenvalue weighted by Gasteiger charge is -2.26. The van der Waals surface area contributed by atoms with E-state index in [9.17, 15) is 4.79 Å². The molecule has 0 unspecified atom stereocenters. The van der Waals surface area contributed by atoms with Crippen molar-refractivity contribution in [3.05, 3.63) is 96.7 Å². The molecule has 0 aliphatic carbocycles. The summed E-state index contributed by atoms with van der Waals surface area (Å²) in [7, 11) is 1.91. The van der Waals surface area contributed by atoms with Gasteiger partial charge < -0.3 is 15.5 Å². The fraction of sp³-hybridized carbons (Fsp3) is 0.222. The van der Waals surface area contributed by atoms with E-state index in [0.29, 0.717) is 6.54 Å². The standard InChI is InChI=1S/C27H31N3O/c1-4-18-30(21(2)19-22-8-6-5-7-9-22)20-27(31)29-26-16-12-24(13-17-26)23-10-14-25(28-3)15-11-23/h5-17,28H,2,4,18-20H2,1,3H3,(H,29,31). The average Bonchev–Trinajstić information content (AvgIpc) is 2.80. The van der Waals surface area contributed by atoms with Gasteiger partial charge in [0.05, 0.1) is 6.54 Å². The molecule has 0 heterocycles. The van der Waals surface area contributed by atoms with E-state index in [1.54, 1.807) is 0 Å². The topological polar surface area (TPSA) is 44.4 Å². The number of rotatable bonds is 10. The Bertz CT molecular complexity index is 979. The van der Waals surface area contributed by atoms with Gasteiger partial charge in [0.15, 0.2) is 0 Å². The van der Waals surface area contributed by atoms with Gasteiger partial charge >= 0.3 is 0 Å². The molecule has 0 spiro atoms. The molecule has 0 saturated heterocycles. The largest absolute Gasteiger partial charge is 0.388 e. The maximum atomic E-state index is 12.7. The Kier molecular flexibility index (Phi) is 7.88. The van der Waals surface area contributed by atoms with Crippen LogP contribution in [-0.2, 0) is 11.2 Å². The highest BCUT2D eigenvalue weighted by Crippen LogP contribution is 2.23. The number of nitrogens with one attached hydrogen (secondary N) is 2. The summed E-state index contributed by atoms with van der Waals surface area (Å²) in [5.74, 6) is -0.0335. The van der Waals surface area contributed by atoms with E-state index in [-0.39, 0.29) is 5.91 Å². The van der Waals surface area contributed by atoms with E-state index in [1.165, 1.54) is 5.56 Å². The zero-order chi connectivity index (χ0) is 22.1. The van der Waals surface area contributed by atoms with Crippen LogP contribution in [0.1, 0.15) is 18.9 Å². The molecule has 3 aromatic carbocycles. The lowest BCUT2D eigenvalue weighted by Crippen LogP contribution is -2.33. The normalized spacial score (nSPS) is 10.4. The molecule has 0 bridgehead atoms. The van der Waals surface area contributed by atoms with Gasteiger partial charge in [0.2, 0.25) is 5.91 Å². The van der Waals surface area contributed by atoms with Crippen molar-refractivity contribution < 1.29 is 4.79 Å². The zero-order valence-electron chi connectivity index (χ0n) is 18.4. The van der Waals surface area contributed by atoms with Crippen molar-refractivity contribution >= 4 is 17.3 Å². The summed E-state index contributed by atoms with van der Waals surface area (Å²) in [4.78, 5) is 14.7. The zero-order valence-corrected chi connectivity index (χ0v) is 18.4. The van der Waals surface area contributed by atoms with Gasteiger partial charge in [-0.05, 0) is 47.4 Å². The van der Waals surface area contributed by atoms with Crippen molar-refractivity contribution in [3.8, 4) is 11.1 Å². The van der Waals surface area contributed by atoms with Crippen molar-refractivity contribution in [2.75, 3.05) is 30.8 Å². The molecular weight excluding hydrogens is 382 g/mol. The van der Waals surface area contributed by atoms with Crippen LogP contribution in [0.15, 0.2) is 91.1 Å². The first-order chi connectivity index (χ1) is 15.1. The molecule has 4 heteroatoms. The predicted molar refractivity (Wildman–Crippen MR) is 131 cm³/mol. The Hall–Kier alpha value is -3.53. The van der Waals surface area contributed by atoms with Gasteiger partial charge in [-0.25, -0.2) is 0 Å². The van der Waals surface area contributed by atoms with E-state index < -0.39 is 0 Å². The second-order valence-corrected chi connectivity index (χ2v) is 7.60. The van der Waals surface area contributed by atoms with E-state index in [0.717, 1.165) is 47.6 Å². The van der Waals surface area contributed by atoms with Crippen molar-refractivity contribution in [1.82, 2.24) is 4.90 Å². The maximum absolute atomic E-state index is 12.7. The Morgan fingerprint density at radius 1 is 0.871 bits per heavy atom. The van der Waals surface area contributed by atoms with Crippen LogP contribution >= 0.6 is 0 Å². The SMILES string of the molecule is C=C(Cc1ccccc1)N(CCC)CC(=O)Nc1ccc(-c2ccc(NC)cc2)cc1. The highest BCUT2D eigenvalue weighted by atomic mass is 16.2. The summed E-state index contributed by atoms with van der Waals surface area (Å²) in [6.45, 7) is 7.45. The molecule has 0 aromatic heterocycles. The third kappa shape index (κ3) is 6.48. The predicted octanol–water partition coefficient (Wildman–Crippen LogP) is 5.80. The van der Waals surface area contributed by atoms with Gasteiger partial charge in [-0.2, -0.15) is 0 Å². The van der Waals surface area contributed by atoms with Gasteiger partial charge in [0.1, 0.15) is 0 Å². The van der Waals surface area contributed by atoms with Crippen LogP contribution in [0.25, 0.3) is 11.1 Å². The molecule has 0 fully saturated rings. The first-order valence-corrected chi connectivity index (χ1v) is 10.7. The number of hydrogen-bond donors (Lipinski definition) is 2. The minimum atomic E-state index is -0.0335. The summed E-state index contributed by atoms with van der Waals surface area (Å²) < 4.78 is 0. The molecule has 0 saturated carbocycles. The van der Waals surface area contributed by atoms with Gasteiger partial charge in [-0.1, -0.05) is 68.1 Å². The average molecular weight is 414 g/mol. The van der Waals surface area contributed by atoms with E-state index in [1.807, 2.05) is 49.5 Å². The van der Waals surface area contributed by atoms with E-state index in [2.05, 4.69) is 65.4 Å². The minimum absolute atomic E-state index is 0.0335. The van der Waals surface area contributed by atoms with Crippen LogP contribution in [0.5, 0.6) is 0 Å². The molecule has 4 nitrogen and oxygen atoms in total. The number of anilines is 2. The number of amides is 1. The maximum Gasteiger partial charge on any atom is 0.243 e. The molecule has 3 rings (SSSR count). The van der Waals surface area contributed by atoms with Crippen LogP contribution in [0.4, 0.5) is 11.4 Å². The summed E-state index contributed by atoms with van der Waals surface area (Å²) in [6.07, 6.45) is 1.71. The fourth-order valence-electron chi connectivity index (χ4n) is 3.51. The van der Waals surface area contributed by atoms with Gasteiger partial charge in [0.25, 0.3) is 0 Å². The Labute approximate surface area is 185 Å². The minimum Gasteiger partial charge on any atom is -0.388 e. The first-order valence-electron chi connectivity index (χ1n) is 10.7. The monoisotopic (exact) mass is 413 g/mol. The van der Waals surface area contributed by atoms with E-state index in [4.69, 9.17) is 0 Å². The molecule has 0 radical (unpaired) electrons. The van der Waals surface area contributed by atoms with Gasteiger partial charge in [-0.3, -0.25) is 4.79 Å². The van der Waals surface area contributed by atoms with Crippen LogP contribution < -0.4 is 10.6 Å². The quantitative estimate of drug-likeness (QED) is 0.441. The number of benzene rings is 3. The number of hydrogen-bond acceptors (Lipinski definition) is 3. The molecule has 3 aromatic rings. The third-order valence-electron chi connectivity index (χ3n) is 5.20. The molecule has 160 valence electrons. The lowest BCUT2D eigenvalue weighted by molar-refractivity contribution is -0.116. The molecule has 2 N–H and O–H groups in total. The first kappa shape index (κ1) is 22.2. The van der Waals surface area contributed by atoms with Crippen molar-refractivity contribution in [3.63, 3.8) is 0 Å². The van der Waals surface area contributed by atoms with Crippen molar-refractivity contribution in [2.24, 2.45) is 0 Å². The Morgan fingerprint density at radius 2 is 1.45 bits per heavy atom. The molecule has 0 atom stereocenters. The molecule has 0 aliphatic heterocycles. The second kappa shape index (κ2) is 11.0. The second-order valence-electron chi connectivity index (χ2n) is 7.60. The summed E-state index contributed by atoms with van der Waals surface area (Å²) in [5.41, 5.74) is 6.30. The highest BCUT2D eigenvalue weighted by Gasteiger charge is 2.13. The number of carbonyl (C=O) groups is 1. The summed E-state index contributed by atoms with van der Waals surface area (Å²) in [6, 6.07) is 26.5. The van der Waals surface area contributed by atoms with Crippen LogP contribution in [0, 0.1) is 0 Å². The van der Waals surface area contributed by atoms with Crippen molar-refractivity contribution in [1.29, 1.82) is 0 Å².